The van der Waals surface area contributed by atoms with Gasteiger partial charge in [0.2, 0.25) is 0 Å². The molecule has 3 heteroatoms. The van der Waals surface area contributed by atoms with Gasteiger partial charge in [-0.1, -0.05) is 146 Å². The van der Waals surface area contributed by atoms with Crippen molar-refractivity contribution in [2.45, 2.75) is 13.8 Å². The molecule has 0 unspecified atom stereocenters. The number of anilines is 6. The van der Waals surface area contributed by atoms with Crippen LogP contribution < -0.4 is 30.5 Å². The van der Waals surface area contributed by atoms with Gasteiger partial charge in [0.1, 0.15) is 0 Å². The van der Waals surface area contributed by atoms with Crippen molar-refractivity contribution < 1.29 is 0 Å². The van der Waals surface area contributed by atoms with Crippen LogP contribution in [-0.4, -0.2) is 8.07 Å². The quantitative estimate of drug-likeness (QED) is 0.146. The summed E-state index contributed by atoms with van der Waals surface area (Å²) in [4.78, 5) is 4.83. The van der Waals surface area contributed by atoms with Crippen molar-refractivity contribution in [2.24, 2.45) is 0 Å². The summed E-state index contributed by atoms with van der Waals surface area (Å²) in [6.45, 7) is 4.58. The number of aryl methyl sites for hydroxylation is 2. The monoisotopic (exact) mass is 696 g/mol. The van der Waals surface area contributed by atoms with Gasteiger partial charge in [-0.25, -0.2) is 0 Å². The second-order valence-electron chi connectivity index (χ2n) is 13.9. The zero-order valence-electron chi connectivity index (χ0n) is 30.0. The SMILES string of the molecule is Cc1cc2c(cc1N(c1ccccc1)c1ccccc1)-c1cc(N(c3ccccc3)c3ccccc3)c(C)cc1[Si]2(c1ccccc1)c1ccccc1. The maximum absolute atomic E-state index is 2.76. The Morgan fingerprint density at radius 2 is 0.585 bits per heavy atom. The summed E-state index contributed by atoms with van der Waals surface area (Å²) in [6, 6.07) is 75.7. The molecule has 0 N–H and O–H groups in total. The maximum atomic E-state index is 2.52. The van der Waals surface area contributed by atoms with E-state index in [1.165, 1.54) is 54.4 Å². The van der Waals surface area contributed by atoms with E-state index in [1.54, 1.807) is 0 Å². The van der Waals surface area contributed by atoms with E-state index in [0.29, 0.717) is 0 Å². The van der Waals surface area contributed by atoms with E-state index in [9.17, 15) is 0 Å². The van der Waals surface area contributed by atoms with E-state index in [0.717, 1.165) is 22.7 Å². The fourth-order valence-corrected chi connectivity index (χ4v) is 13.8. The molecule has 9 rings (SSSR count). The average Bonchev–Trinajstić information content (AvgIpc) is 3.49. The van der Waals surface area contributed by atoms with Crippen LogP contribution in [0.5, 0.6) is 0 Å². The first-order valence-electron chi connectivity index (χ1n) is 18.4. The van der Waals surface area contributed by atoms with Crippen LogP contribution in [0.25, 0.3) is 11.1 Å². The molecule has 1 aliphatic rings. The van der Waals surface area contributed by atoms with Crippen LogP contribution in [0.2, 0.25) is 0 Å². The van der Waals surface area contributed by atoms with Gasteiger partial charge in [0.15, 0.2) is 8.07 Å². The Morgan fingerprint density at radius 1 is 0.321 bits per heavy atom. The van der Waals surface area contributed by atoms with Crippen LogP contribution in [0, 0.1) is 13.8 Å². The third kappa shape index (κ3) is 5.49. The number of rotatable bonds is 8. The van der Waals surface area contributed by atoms with Crippen LogP contribution in [0.15, 0.2) is 206 Å². The Morgan fingerprint density at radius 3 is 0.868 bits per heavy atom. The summed E-state index contributed by atoms with van der Waals surface area (Å²) < 4.78 is 0. The van der Waals surface area contributed by atoms with Gasteiger partial charge in [0, 0.05) is 34.1 Å². The molecule has 8 aromatic carbocycles. The van der Waals surface area contributed by atoms with E-state index < -0.39 is 8.07 Å². The lowest BCUT2D eigenvalue weighted by Crippen LogP contribution is -2.72. The summed E-state index contributed by atoms with van der Waals surface area (Å²) in [5.41, 5.74) is 12.0. The van der Waals surface area contributed by atoms with E-state index in [2.05, 4.69) is 230 Å². The number of nitrogens with zero attached hydrogens (tertiary/aromatic N) is 2. The summed E-state index contributed by atoms with van der Waals surface area (Å²) in [5, 5.41) is 5.68. The molecule has 0 saturated heterocycles. The lowest BCUT2D eigenvalue weighted by atomic mass is 9.98. The molecule has 0 radical (unpaired) electrons. The van der Waals surface area contributed by atoms with Gasteiger partial charge >= 0.3 is 0 Å². The normalized spacial score (nSPS) is 12.5. The first kappa shape index (κ1) is 32.5. The molecule has 0 aromatic heterocycles. The summed E-state index contributed by atoms with van der Waals surface area (Å²) in [6.07, 6.45) is 0. The highest BCUT2D eigenvalue weighted by Crippen LogP contribution is 2.43. The molecule has 0 saturated carbocycles. The van der Waals surface area contributed by atoms with E-state index in [-0.39, 0.29) is 0 Å². The van der Waals surface area contributed by atoms with Crippen LogP contribution in [0.4, 0.5) is 34.1 Å². The van der Waals surface area contributed by atoms with E-state index in [4.69, 9.17) is 0 Å². The predicted octanol–water partition coefficient (Wildman–Crippen LogP) is 10.6. The minimum atomic E-state index is -2.76. The lowest BCUT2D eigenvalue weighted by molar-refractivity contribution is 1.25. The average molecular weight is 697 g/mol. The van der Waals surface area contributed by atoms with E-state index >= 15 is 0 Å². The Hall–Kier alpha value is -6.42. The van der Waals surface area contributed by atoms with E-state index in [1.807, 2.05) is 0 Å². The van der Waals surface area contributed by atoms with Gasteiger partial charge in [-0.15, -0.1) is 0 Å². The van der Waals surface area contributed by atoms with Crippen molar-refractivity contribution in [3.05, 3.63) is 217 Å². The first-order valence-corrected chi connectivity index (χ1v) is 20.4. The molecule has 8 aromatic rings. The topological polar surface area (TPSA) is 6.48 Å². The highest BCUT2D eigenvalue weighted by Gasteiger charge is 2.49. The molecule has 0 fully saturated rings. The van der Waals surface area contributed by atoms with Gasteiger partial charge in [0.05, 0.1) is 0 Å². The second-order valence-corrected chi connectivity index (χ2v) is 17.6. The third-order valence-electron chi connectivity index (χ3n) is 10.7. The molecule has 254 valence electrons. The fraction of sp³-hybridized carbons (Fsp3) is 0.0400. The number of hydrogen-bond acceptors (Lipinski definition) is 2. The van der Waals surface area contributed by atoms with Crippen molar-refractivity contribution >= 4 is 62.9 Å². The maximum Gasteiger partial charge on any atom is 0.180 e. The van der Waals surface area contributed by atoms with Crippen molar-refractivity contribution in [2.75, 3.05) is 9.80 Å². The fourth-order valence-electron chi connectivity index (χ4n) is 8.41. The van der Waals surface area contributed by atoms with Gasteiger partial charge < -0.3 is 9.80 Å². The largest absolute Gasteiger partial charge is 0.310 e. The van der Waals surface area contributed by atoms with Gasteiger partial charge in [-0.3, -0.25) is 0 Å². The van der Waals surface area contributed by atoms with Crippen LogP contribution >= 0.6 is 0 Å². The third-order valence-corrected chi connectivity index (χ3v) is 15.6. The Kier molecular flexibility index (Phi) is 8.34. The summed E-state index contributed by atoms with van der Waals surface area (Å²) in [7, 11) is -2.76. The van der Waals surface area contributed by atoms with Crippen LogP contribution in [-0.2, 0) is 0 Å². The molecule has 0 amide bonds. The zero-order valence-corrected chi connectivity index (χ0v) is 31.0. The highest BCUT2D eigenvalue weighted by atomic mass is 28.3. The Bertz CT molecular complexity index is 2240. The number of hydrogen-bond donors (Lipinski definition) is 0. The first-order chi connectivity index (χ1) is 26.1. The molecular weight excluding hydrogens is 657 g/mol. The highest BCUT2D eigenvalue weighted by molar-refractivity contribution is 7.22. The minimum absolute atomic E-state index is 1.14. The smallest absolute Gasteiger partial charge is 0.180 e. The minimum Gasteiger partial charge on any atom is -0.310 e. The molecule has 0 atom stereocenters. The molecule has 1 heterocycles. The Labute approximate surface area is 313 Å². The second kappa shape index (κ2) is 13.6. The summed E-state index contributed by atoms with van der Waals surface area (Å²) in [5.74, 6) is 0. The van der Waals surface area contributed by atoms with Crippen molar-refractivity contribution in [1.29, 1.82) is 0 Å². The van der Waals surface area contributed by atoms with Gasteiger partial charge in [0.25, 0.3) is 0 Å². The molecule has 53 heavy (non-hydrogen) atoms. The van der Waals surface area contributed by atoms with Gasteiger partial charge in [-0.2, -0.15) is 0 Å². The zero-order chi connectivity index (χ0) is 35.8. The standard InChI is InChI=1S/C50H40N2Si/c1-37-33-49-45(35-47(37)51(39-21-9-3-10-22-39)40-23-11-4-12-24-40)46-36-48(52(41-25-13-5-14-26-41)42-27-15-6-16-28-42)38(2)34-50(46)53(49,43-29-17-7-18-30-43)44-31-19-8-20-32-44/h3-36H,1-2H3. The lowest BCUT2D eigenvalue weighted by Gasteiger charge is -2.33. The Balaban J connectivity index is 1.38. The van der Waals surface area contributed by atoms with Crippen molar-refractivity contribution in [3.8, 4) is 11.1 Å². The molecule has 2 nitrogen and oxygen atoms in total. The van der Waals surface area contributed by atoms with Crippen molar-refractivity contribution in [3.63, 3.8) is 0 Å². The summed E-state index contributed by atoms with van der Waals surface area (Å²) >= 11 is 0. The number of benzene rings is 8. The molecular formula is C50H40N2Si. The van der Waals surface area contributed by atoms with Crippen LogP contribution in [0.3, 0.4) is 0 Å². The number of fused-ring (bicyclic) bond motifs is 3. The molecule has 1 aliphatic heterocycles. The molecule has 0 bridgehead atoms. The molecule has 0 aliphatic carbocycles. The molecule has 0 spiro atoms. The van der Waals surface area contributed by atoms with Crippen LogP contribution in [0.1, 0.15) is 11.1 Å². The van der Waals surface area contributed by atoms with Crippen molar-refractivity contribution in [1.82, 2.24) is 0 Å². The number of para-hydroxylation sites is 4. The van der Waals surface area contributed by atoms with Gasteiger partial charge in [-0.05, 0) is 118 Å². The predicted molar refractivity (Wildman–Crippen MR) is 228 cm³/mol.